The van der Waals surface area contributed by atoms with Crippen LogP contribution in [0.2, 0.25) is 0 Å². The Balaban J connectivity index is 2.02. The first kappa shape index (κ1) is 11.6. The Hall–Kier alpha value is -0.900. The van der Waals surface area contributed by atoms with Gasteiger partial charge in [-0.3, -0.25) is 0 Å². The van der Waals surface area contributed by atoms with Gasteiger partial charge in [0, 0.05) is 0 Å². The maximum Gasteiger partial charge on any atom is 0.0719 e. The van der Waals surface area contributed by atoms with E-state index in [9.17, 15) is 0 Å². The van der Waals surface area contributed by atoms with Gasteiger partial charge in [0.2, 0.25) is 0 Å². The molecule has 0 bridgehead atoms. The highest BCUT2D eigenvalue weighted by Gasteiger charge is 2.14. The molecule has 16 heavy (non-hydrogen) atoms. The van der Waals surface area contributed by atoms with Crippen LogP contribution in [0, 0.1) is 0 Å². The van der Waals surface area contributed by atoms with Crippen LogP contribution >= 0.6 is 0 Å². The van der Waals surface area contributed by atoms with Gasteiger partial charge >= 0.3 is 0 Å². The van der Waals surface area contributed by atoms with Crippen LogP contribution in [-0.2, 0) is 11.3 Å². The fraction of sp³-hybridized carbons (Fsp3) is 0.538. The molecule has 88 valence electrons. The predicted octanol–water partition coefficient (Wildman–Crippen LogP) is 1.59. The van der Waals surface area contributed by atoms with Gasteiger partial charge in [0.1, 0.15) is 0 Å². The van der Waals surface area contributed by atoms with Gasteiger partial charge < -0.3 is 10.2 Å². The molecule has 2 rings (SSSR count). The van der Waals surface area contributed by atoms with E-state index in [1.165, 1.54) is 24.0 Å². The quantitative estimate of drug-likeness (QED) is 0.757. The van der Waals surface area contributed by atoms with E-state index in [0.717, 1.165) is 25.4 Å². The molecule has 0 aromatic heterocycles. The fourth-order valence-corrected chi connectivity index (χ4v) is 2.33. The van der Waals surface area contributed by atoms with Crippen molar-refractivity contribution < 1.29 is 4.84 Å². The Labute approximate surface area is 96.9 Å². The number of piperidine rings is 1. The zero-order valence-corrected chi connectivity index (χ0v) is 9.61. The maximum atomic E-state index is 5.05. The topological polar surface area (TPSA) is 47.3 Å². The number of benzene rings is 1. The maximum absolute atomic E-state index is 5.05. The van der Waals surface area contributed by atoms with Crippen LogP contribution in [0.1, 0.15) is 29.9 Å². The Bertz CT molecular complexity index is 321. The van der Waals surface area contributed by atoms with Crippen molar-refractivity contribution in [2.75, 3.05) is 19.7 Å². The van der Waals surface area contributed by atoms with E-state index in [0.29, 0.717) is 6.61 Å². The van der Waals surface area contributed by atoms with Crippen LogP contribution in [0.25, 0.3) is 0 Å². The SMILES string of the molecule is NOCCc1cccc(C2CCNCC2)c1. The minimum Gasteiger partial charge on any atom is -0.317 e. The Morgan fingerprint density at radius 2 is 2.12 bits per heavy atom. The summed E-state index contributed by atoms with van der Waals surface area (Å²) in [5, 5.41) is 3.40. The molecule has 1 aromatic rings. The van der Waals surface area contributed by atoms with Crippen LogP contribution < -0.4 is 11.2 Å². The Kier molecular flexibility index (Phi) is 4.34. The first-order valence-electron chi connectivity index (χ1n) is 6.01. The van der Waals surface area contributed by atoms with Crippen LogP contribution in [0.15, 0.2) is 24.3 Å². The summed E-state index contributed by atoms with van der Waals surface area (Å²) in [5.74, 6) is 5.77. The van der Waals surface area contributed by atoms with Crippen molar-refractivity contribution in [3.63, 3.8) is 0 Å². The monoisotopic (exact) mass is 220 g/mol. The molecule has 3 N–H and O–H groups in total. The number of nitrogens with one attached hydrogen (secondary N) is 1. The average Bonchev–Trinajstić information content (AvgIpc) is 2.38. The number of rotatable bonds is 4. The minimum absolute atomic E-state index is 0.593. The van der Waals surface area contributed by atoms with Crippen molar-refractivity contribution in [2.24, 2.45) is 5.90 Å². The first-order chi connectivity index (χ1) is 7.90. The van der Waals surface area contributed by atoms with Crippen molar-refractivity contribution >= 4 is 0 Å². The molecule has 0 spiro atoms. The molecule has 3 nitrogen and oxygen atoms in total. The average molecular weight is 220 g/mol. The van der Waals surface area contributed by atoms with Crippen molar-refractivity contribution in [3.05, 3.63) is 35.4 Å². The zero-order valence-electron chi connectivity index (χ0n) is 9.61. The molecule has 0 saturated carbocycles. The van der Waals surface area contributed by atoms with Gasteiger partial charge in [-0.1, -0.05) is 24.3 Å². The normalized spacial score (nSPS) is 17.6. The number of hydrogen-bond acceptors (Lipinski definition) is 3. The lowest BCUT2D eigenvalue weighted by atomic mass is 9.89. The molecule has 1 aliphatic rings. The van der Waals surface area contributed by atoms with Crippen molar-refractivity contribution in [2.45, 2.75) is 25.2 Å². The van der Waals surface area contributed by atoms with Gasteiger partial charge in [0.15, 0.2) is 0 Å². The van der Waals surface area contributed by atoms with Crippen LogP contribution in [-0.4, -0.2) is 19.7 Å². The lowest BCUT2D eigenvalue weighted by Crippen LogP contribution is -2.26. The number of hydrogen-bond donors (Lipinski definition) is 2. The molecular weight excluding hydrogens is 200 g/mol. The van der Waals surface area contributed by atoms with Crippen LogP contribution in [0.5, 0.6) is 0 Å². The van der Waals surface area contributed by atoms with Crippen molar-refractivity contribution in [1.82, 2.24) is 5.32 Å². The molecule has 0 radical (unpaired) electrons. The van der Waals surface area contributed by atoms with E-state index in [1.807, 2.05) is 0 Å². The highest BCUT2D eigenvalue weighted by Crippen LogP contribution is 2.25. The van der Waals surface area contributed by atoms with E-state index in [2.05, 4.69) is 34.4 Å². The summed E-state index contributed by atoms with van der Waals surface area (Å²) in [4.78, 5) is 4.62. The van der Waals surface area contributed by atoms with E-state index in [-0.39, 0.29) is 0 Å². The molecule has 0 amide bonds. The molecule has 3 heteroatoms. The molecule has 1 fully saturated rings. The third-order valence-corrected chi connectivity index (χ3v) is 3.27. The van der Waals surface area contributed by atoms with E-state index in [4.69, 9.17) is 5.90 Å². The standard InChI is InChI=1S/C13H20N2O/c14-16-9-6-11-2-1-3-13(10-11)12-4-7-15-8-5-12/h1-3,10,12,15H,4-9,14H2. The van der Waals surface area contributed by atoms with Crippen molar-refractivity contribution in [1.29, 1.82) is 0 Å². The second kappa shape index (κ2) is 5.99. The summed E-state index contributed by atoms with van der Waals surface area (Å²) in [7, 11) is 0. The first-order valence-corrected chi connectivity index (χ1v) is 6.01. The molecule has 1 aliphatic heterocycles. The van der Waals surface area contributed by atoms with E-state index < -0.39 is 0 Å². The largest absolute Gasteiger partial charge is 0.317 e. The summed E-state index contributed by atoms with van der Waals surface area (Å²) < 4.78 is 0. The van der Waals surface area contributed by atoms with Gasteiger partial charge in [-0.2, -0.15) is 0 Å². The smallest absolute Gasteiger partial charge is 0.0719 e. The summed E-state index contributed by atoms with van der Waals surface area (Å²) in [6.45, 7) is 2.87. The van der Waals surface area contributed by atoms with Gasteiger partial charge in [-0.15, -0.1) is 0 Å². The highest BCUT2D eigenvalue weighted by molar-refractivity contribution is 5.27. The zero-order chi connectivity index (χ0) is 11.2. The molecule has 0 atom stereocenters. The lowest BCUT2D eigenvalue weighted by molar-refractivity contribution is 0.141. The Morgan fingerprint density at radius 1 is 1.31 bits per heavy atom. The fourth-order valence-electron chi connectivity index (χ4n) is 2.33. The summed E-state index contributed by atoms with van der Waals surface area (Å²) in [6.07, 6.45) is 3.39. The summed E-state index contributed by atoms with van der Waals surface area (Å²) >= 11 is 0. The van der Waals surface area contributed by atoms with E-state index >= 15 is 0 Å². The van der Waals surface area contributed by atoms with Gasteiger partial charge in [0.05, 0.1) is 6.61 Å². The van der Waals surface area contributed by atoms with Gasteiger partial charge in [-0.25, -0.2) is 5.90 Å². The van der Waals surface area contributed by atoms with Crippen LogP contribution in [0.4, 0.5) is 0 Å². The summed E-state index contributed by atoms with van der Waals surface area (Å²) in [6, 6.07) is 8.82. The second-order valence-corrected chi connectivity index (χ2v) is 4.39. The second-order valence-electron chi connectivity index (χ2n) is 4.39. The third kappa shape index (κ3) is 3.04. The lowest BCUT2D eigenvalue weighted by Gasteiger charge is -2.23. The van der Waals surface area contributed by atoms with Crippen LogP contribution in [0.3, 0.4) is 0 Å². The predicted molar refractivity (Wildman–Crippen MR) is 65.1 cm³/mol. The highest BCUT2D eigenvalue weighted by atomic mass is 16.6. The van der Waals surface area contributed by atoms with E-state index in [1.54, 1.807) is 0 Å². The third-order valence-electron chi connectivity index (χ3n) is 3.27. The minimum atomic E-state index is 0.593. The van der Waals surface area contributed by atoms with Crippen molar-refractivity contribution in [3.8, 4) is 0 Å². The summed E-state index contributed by atoms with van der Waals surface area (Å²) in [5.41, 5.74) is 2.79. The Morgan fingerprint density at radius 3 is 2.88 bits per heavy atom. The molecule has 0 aliphatic carbocycles. The molecule has 0 unspecified atom stereocenters. The molecule has 1 heterocycles. The van der Waals surface area contributed by atoms with Gasteiger partial charge in [0.25, 0.3) is 0 Å². The number of nitrogens with two attached hydrogens (primary N) is 1. The molecule has 1 saturated heterocycles. The van der Waals surface area contributed by atoms with Gasteiger partial charge in [-0.05, 0) is 49.4 Å². The molecular formula is C13H20N2O. The molecule has 1 aromatic carbocycles.